The van der Waals surface area contributed by atoms with Crippen LogP contribution in [0.3, 0.4) is 0 Å². The summed E-state index contributed by atoms with van der Waals surface area (Å²) in [5, 5.41) is 4.62. The smallest absolute Gasteiger partial charge is 0.259 e. The molecule has 3 aromatic carbocycles. The molecule has 0 fully saturated rings. The van der Waals surface area contributed by atoms with Crippen LogP contribution in [0.1, 0.15) is 55.0 Å². The first kappa shape index (κ1) is 27.1. The molecule has 8 heteroatoms. The van der Waals surface area contributed by atoms with Gasteiger partial charge in [0.05, 0.1) is 38.0 Å². The van der Waals surface area contributed by atoms with Gasteiger partial charge < -0.3 is 24.1 Å². The summed E-state index contributed by atoms with van der Waals surface area (Å²) in [6.07, 6.45) is 3.86. The summed E-state index contributed by atoms with van der Waals surface area (Å²) in [5.41, 5.74) is 7.75. The highest BCUT2D eigenvalue weighted by molar-refractivity contribution is 6.11. The number of fused-ring (bicyclic) bond motifs is 1. The molecule has 1 aromatic heterocycles. The van der Waals surface area contributed by atoms with Crippen LogP contribution in [0.2, 0.25) is 0 Å². The number of aromatic nitrogens is 1. The van der Waals surface area contributed by atoms with Gasteiger partial charge in [-0.15, -0.1) is 0 Å². The molecule has 0 radical (unpaired) electrons. The molecule has 0 saturated carbocycles. The van der Waals surface area contributed by atoms with Gasteiger partial charge in [-0.2, -0.15) is 0 Å². The van der Waals surface area contributed by atoms with E-state index in [0.717, 1.165) is 58.6 Å². The Balaban J connectivity index is 1.26. The van der Waals surface area contributed by atoms with Crippen molar-refractivity contribution in [3.8, 4) is 17.2 Å². The lowest BCUT2D eigenvalue weighted by Gasteiger charge is -2.21. The van der Waals surface area contributed by atoms with Crippen molar-refractivity contribution in [3.63, 3.8) is 0 Å². The average molecular weight is 578 g/mol. The summed E-state index contributed by atoms with van der Waals surface area (Å²) >= 11 is 0. The van der Waals surface area contributed by atoms with Crippen LogP contribution in [-0.2, 0) is 22.4 Å². The maximum Gasteiger partial charge on any atom is 0.259 e. The Morgan fingerprint density at radius 2 is 1.98 bits per heavy atom. The normalized spacial score (nSPS) is 17.1. The molecule has 4 heterocycles. The fourth-order valence-corrected chi connectivity index (χ4v) is 6.66. The predicted octanol–water partition coefficient (Wildman–Crippen LogP) is 5.99. The minimum absolute atomic E-state index is 0.219. The highest BCUT2D eigenvalue weighted by atomic mass is 16.5. The quantitative estimate of drug-likeness (QED) is 0.291. The number of amides is 2. The highest BCUT2D eigenvalue weighted by Crippen LogP contribution is 2.48. The first-order chi connectivity index (χ1) is 20.8. The van der Waals surface area contributed by atoms with Crippen LogP contribution < -0.4 is 19.5 Å². The fourth-order valence-electron chi connectivity index (χ4n) is 6.66. The Kier molecular flexibility index (Phi) is 6.64. The van der Waals surface area contributed by atoms with Gasteiger partial charge >= 0.3 is 0 Å². The predicted molar refractivity (Wildman–Crippen MR) is 165 cm³/mol. The molecule has 0 aliphatic carbocycles. The Hall–Kier alpha value is -4.72. The molecule has 0 bridgehead atoms. The van der Waals surface area contributed by atoms with Gasteiger partial charge in [-0.3, -0.25) is 14.5 Å². The Morgan fingerprint density at radius 3 is 2.77 bits per heavy atom. The molecular formula is C35H35N3O5. The Bertz CT molecular complexity index is 1820. The monoisotopic (exact) mass is 577 g/mol. The number of carbonyl (C=O) groups excluding carboxylic acids is 2. The van der Waals surface area contributed by atoms with Gasteiger partial charge in [0.1, 0.15) is 5.75 Å². The molecule has 8 nitrogen and oxygen atoms in total. The third-order valence-electron chi connectivity index (χ3n) is 8.75. The first-order valence-electron chi connectivity index (χ1n) is 14.8. The minimum Gasteiger partial charge on any atom is -0.493 e. The summed E-state index contributed by atoms with van der Waals surface area (Å²) in [6.45, 7) is 7.20. The van der Waals surface area contributed by atoms with Crippen LogP contribution in [0.15, 0.2) is 72.1 Å². The summed E-state index contributed by atoms with van der Waals surface area (Å²) in [6, 6.07) is 18.6. The van der Waals surface area contributed by atoms with Crippen molar-refractivity contribution in [2.24, 2.45) is 0 Å². The maximum atomic E-state index is 13.8. The van der Waals surface area contributed by atoms with Crippen molar-refractivity contribution < 1.29 is 23.8 Å². The number of hydrogen-bond acceptors (Lipinski definition) is 6. The summed E-state index contributed by atoms with van der Waals surface area (Å²) in [4.78, 5) is 27.6. The fraction of sp³-hybridized carbons (Fsp3) is 0.314. The van der Waals surface area contributed by atoms with E-state index in [0.29, 0.717) is 23.7 Å². The van der Waals surface area contributed by atoms with Crippen molar-refractivity contribution in [2.45, 2.75) is 45.6 Å². The number of ether oxygens (including phenoxy) is 3. The van der Waals surface area contributed by atoms with E-state index in [1.807, 2.05) is 36.4 Å². The summed E-state index contributed by atoms with van der Waals surface area (Å²) in [5.74, 6) is 1.28. The third-order valence-corrected chi connectivity index (χ3v) is 8.75. The van der Waals surface area contributed by atoms with Crippen LogP contribution in [0, 0.1) is 0 Å². The van der Waals surface area contributed by atoms with Crippen LogP contribution in [0.25, 0.3) is 10.9 Å². The summed E-state index contributed by atoms with van der Waals surface area (Å²) in [7, 11) is 1.63. The van der Waals surface area contributed by atoms with E-state index in [1.165, 1.54) is 23.0 Å². The van der Waals surface area contributed by atoms with Gasteiger partial charge in [0, 0.05) is 54.7 Å². The van der Waals surface area contributed by atoms with Gasteiger partial charge in [0.15, 0.2) is 11.5 Å². The number of benzene rings is 3. The number of nitrogens with zero attached hydrogens (tertiary/aromatic N) is 2. The molecule has 4 aromatic rings. The van der Waals surface area contributed by atoms with Gasteiger partial charge in [-0.1, -0.05) is 24.3 Å². The minimum atomic E-state index is -0.401. The van der Waals surface area contributed by atoms with Crippen LogP contribution in [-0.4, -0.2) is 48.1 Å². The SMILES string of the molecule is COc1cc([C@@H]2C3=C(CN(C(C)=O)C3=O)Nc3cccc4c3c2cn4C(C)C)ccc1OCCc1ccc2c(c1)CCO2. The van der Waals surface area contributed by atoms with E-state index in [4.69, 9.17) is 14.2 Å². The molecule has 3 aliphatic heterocycles. The molecule has 1 atom stereocenters. The zero-order chi connectivity index (χ0) is 29.8. The van der Waals surface area contributed by atoms with Gasteiger partial charge in [0.2, 0.25) is 5.91 Å². The number of anilines is 1. The lowest BCUT2D eigenvalue weighted by molar-refractivity contribution is -0.139. The third kappa shape index (κ3) is 4.52. The lowest BCUT2D eigenvalue weighted by atomic mass is 9.84. The van der Waals surface area contributed by atoms with Gasteiger partial charge in [-0.05, 0) is 66.4 Å². The number of rotatable bonds is 7. The molecule has 7 rings (SSSR count). The van der Waals surface area contributed by atoms with Gasteiger partial charge in [-0.25, -0.2) is 0 Å². The summed E-state index contributed by atoms with van der Waals surface area (Å²) < 4.78 is 19.9. The second-order valence-electron chi connectivity index (χ2n) is 11.7. The zero-order valence-corrected chi connectivity index (χ0v) is 24.9. The van der Waals surface area contributed by atoms with Crippen LogP contribution >= 0.6 is 0 Å². The maximum absolute atomic E-state index is 13.8. The second-order valence-corrected chi connectivity index (χ2v) is 11.7. The van der Waals surface area contributed by atoms with Crippen LogP contribution in [0.5, 0.6) is 17.2 Å². The van der Waals surface area contributed by atoms with Crippen LogP contribution in [0.4, 0.5) is 5.69 Å². The highest BCUT2D eigenvalue weighted by Gasteiger charge is 2.42. The standard InChI is InChI=1S/C35H35N3O5/c1-20(2)37-18-25-32(34-27(19-38(21(3)39)35(34)40)36-26-6-5-7-28(37)33(25)26)24-9-11-30(31(17-24)41-4)43-14-12-22-8-10-29-23(16-22)13-15-42-29/h5-11,16-18,20,32,36H,12-15,19H2,1-4H3/t32-/m0/s1. The van der Waals surface area contributed by atoms with Gasteiger partial charge in [0.25, 0.3) is 5.91 Å². The lowest BCUT2D eigenvalue weighted by Crippen LogP contribution is -2.33. The van der Waals surface area contributed by atoms with E-state index in [9.17, 15) is 9.59 Å². The van der Waals surface area contributed by atoms with Crippen molar-refractivity contribution in [1.82, 2.24) is 9.47 Å². The number of carbonyl (C=O) groups is 2. The number of hydrogen-bond donors (Lipinski definition) is 1. The second kappa shape index (κ2) is 10.5. The molecule has 0 unspecified atom stereocenters. The van der Waals surface area contributed by atoms with Crippen molar-refractivity contribution in [2.75, 3.05) is 32.2 Å². The Labute approximate surface area is 250 Å². The zero-order valence-electron chi connectivity index (χ0n) is 24.9. The Morgan fingerprint density at radius 1 is 1.12 bits per heavy atom. The largest absolute Gasteiger partial charge is 0.493 e. The van der Waals surface area contributed by atoms with E-state index >= 15 is 0 Å². The topological polar surface area (TPSA) is 82.0 Å². The van der Waals surface area contributed by atoms with E-state index in [1.54, 1.807) is 7.11 Å². The number of imide groups is 1. The average Bonchev–Trinajstić information content (AvgIpc) is 3.68. The molecule has 2 amide bonds. The van der Waals surface area contributed by atoms with Crippen molar-refractivity contribution in [3.05, 3.63) is 94.3 Å². The molecule has 43 heavy (non-hydrogen) atoms. The number of methoxy groups -OCH3 is 1. The number of nitrogens with one attached hydrogen (secondary N) is 1. The van der Waals surface area contributed by atoms with Crippen molar-refractivity contribution in [1.29, 1.82) is 0 Å². The van der Waals surface area contributed by atoms with Crippen molar-refractivity contribution >= 4 is 28.4 Å². The molecule has 3 aliphatic rings. The molecule has 1 N–H and O–H groups in total. The first-order valence-corrected chi connectivity index (χ1v) is 14.8. The molecule has 0 spiro atoms. The van der Waals surface area contributed by atoms with E-state index < -0.39 is 5.92 Å². The molecular weight excluding hydrogens is 542 g/mol. The van der Waals surface area contributed by atoms with E-state index in [2.05, 4.69) is 48.1 Å². The molecule has 220 valence electrons. The van der Waals surface area contributed by atoms with E-state index in [-0.39, 0.29) is 24.4 Å². The molecule has 0 saturated heterocycles.